The first-order valence-electron chi connectivity index (χ1n) is 8.06. The molecule has 7 atom stereocenters. The summed E-state index contributed by atoms with van der Waals surface area (Å²) in [4.78, 5) is 25.1. The van der Waals surface area contributed by atoms with Crippen molar-refractivity contribution in [3.8, 4) is 0 Å². The highest BCUT2D eigenvalue weighted by atomic mass is 16.7. The number of carboxylic acid groups (broad SMARTS) is 1. The van der Waals surface area contributed by atoms with Gasteiger partial charge in [0.15, 0.2) is 6.29 Å². The number of aliphatic hydroxyl groups excluding tert-OH is 4. The van der Waals surface area contributed by atoms with E-state index in [0.29, 0.717) is 12.8 Å². The molecule has 2 saturated carbocycles. The van der Waals surface area contributed by atoms with Crippen molar-refractivity contribution in [1.82, 2.24) is 0 Å². The summed E-state index contributed by atoms with van der Waals surface area (Å²) in [6, 6.07) is 0. The van der Waals surface area contributed by atoms with Crippen molar-refractivity contribution in [2.24, 2.45) is 16.2 Å². The second-order valence-electron chi connectivity index (χ2n) is 8.25. The normalized spacial score (nSPS) is 53.4. The van der Waals surface area contributed by atoms with E-state index in [9.17, 15) is 35.1 Å². The van der Waals surface area contributed by atoms with Gasteiger partial charge in [-0.15, -0.1) is 0 Å². The second kappa shape index (κ2) is 4.76. The van der Waals surface area contributed by atoms with Crippen LogP contribution >= 0.6 is 0 Å². The van der Waals surface area contributed by atoms with Gasteiger partial charge < -0.3 is 30.3 Å². The maximum atomic E-state index is 12.9. The summed E-state index contributed by atoms with van der Waals surface area (Å²) in [7, 11) is 0. The van der Waals surface area contributed by atoms with Crippen LogP contribution in [0.4, 0.5) is 0 Å². The van der Waals surface area contributed by atoms with Crippen LogP contribution in [0.3, 0.4) is 0 Å². The summed E-state index contributed by atoms with van der Waals surface area (Å²) in [6.45, 7) is 4.99. The Morgan fingerprint density at radius 1 is 1.08 bits per heavy atom. The van der Waals surface area contributed by atoms with Crippen LogP contribution < -0.4 is 0 Å². The number of fused-ring (bicyclic) bond motifs is 2. The molecule has 2 bridgehead atoms. The first kappa shape index (κ1) is 17.8. The molecule has 0 aromatic heterocycles. The van der Waals surface area contributed by atoms with Crippen LogP contribution in [-0.4, -0.2) is 67.5 Å². The number of rotatable bonds is 2. The van der Waals surface area contributed by atoms with Gasteiger partial charge in [0.25, 0.3) is 0 Å². The van der Waals surface area contributed by atoms with E-state index >= 15 is 0 Å². The highest BCUT2D eigenvalue weighted by Crippen LogP contribution is 2.73. The third-order valence-corrected chi connectivity index (χ3v) is 6.83. The third kappa shape index (κ3) is 1.65. The molecule has 1 aliphatic heterocycles. The first-order chi connectivity index (χ1) is 10.9. The number of aliphatic carboxylic acids is 1. The molecule has 1 heterocycles. The summed E-state index contributed by atoms with van der Waals surface area (Å²) in [5.74, 6) is -1.68. The molecule has 3 aliphatic rings. The van der Waals surface area contributed by atoms with E-state index in [4.69, 9.17) is 4.74 Å². The number of aliphatic hydroxyl groups is 4. The lowest BCUT2D eigenvalue weighted by atomic mass is 9.53. The van der Waals surface area contributed by atoms with Gasteiger partial charge >= 0.3 is 5.97 Å². The zero-order valence-corrected chi connectivity index (χ0v) is 13.9. The Morgan fingerprint density at radius 2 is 1.67 bits per heavy atom. The Labute approximate surface area is 139 Å². The molecule has 8 heteroatoms. The standard InChI is InChI=1S/C16H24O8/c1-13(2)11(21)14(3)4-5-15(13,6-14)16(12(22)23)9(19)7(17)8(18)10(20)24-16/h7-10,17-20H,4-6H2,1-3H3,(H,22,23). The number of hydrogen-bond acceptors (Lipinski definition) is 7. The minimum absolute atomic E-state index is 0.118. The highest BCUT2D eigenvalue weighted by molar-refractivity contribution is 5.96. The van der Waals surface area contributed by atoms with Crippen molar-refractivity contribution in [3.63, 3.8) is 0 Å². The van der Waals surface area contributed by atoms with Gasteiger partial charge in [-0.2, -0.15) is 0 Å². The third-order valence-electron chi connectivity index (χ3n) is 6.83. The van der Waals surface area contributed by atoms with Crippen molar-refractivity contribution in [3.05, 3.63) is 0 Å². The van der Waals surface area contributed by atoms with Gasteiger partial charge in [0.05, 0.1) is 0 Å². The van der Waals surface area contributed by atoms with E-state index in [2.05, 4.69) is 0 Å². The SMILES string of the molecule is CC12CCC(C3(C(=O)O)OC(O)C(O)C(O)C3O)(C1)C(C)(C)C2=O. The van der Waals surface area contributed by atoms with E-state index < -0.39 is 52.4 Å². The van der Waals surface area contributed by atoms with Gasteiger partial charge in [0.1, 0.15) is 24.1 Å². The molecule has 8 nitrogen and oxygen atoms in total. The average Bonchev–Trinajstić information content (AvgIpc) is 2.94. The van der Waals surface area contributed by atoms with Crippen LogP contribution in [0.5, 0.6) is 0 Å². The minimum Gasteiger partial charge on any atom is -0.479 e. The highest BCUT2D eigenvalue weighted by Gasteiger charge is 2.80. The summed E-state index contributed by atoms with van der Waals surface area (Å²) in [5.41, 5.74) is -5.57. The van der Waals surface area contributed by atoms with Gasteiger partial charge in [-0.25, -0.2) is 4.79 Å². The molecule has 1 saturated heterocycles. The molecule has 3 rings (SSSR count). The quantitative estimate of drug-likeness (QED) is 0.430. The Bertz CT molecular complexity index is 603. The Balaban J connectivity index is 2.23. The molecular weight excluding hydrogens is 320 g/mol. The van der Waals surface area contributed by atoms with E-state index in [-0.39, 0.29) is 12.2 Å². The molecule has 7 unspecified atom stereocenters. The molecule has 0 aromatic rings. The van der Waals surface area contributed by atoms with E-state index in [1.807, 2.05) is 0 Å². The Morgan fingerprint density at radius 3 is 2.12 bits per heavy atom. The van der Waals surface area contributed by atoms with Crippen LogP contribution in [-0.2, 0) is 14.3 Å². The van der Waals surface area contributed by atoms with Crippen molar-refractivity contribution in [1.29, 1.82) is 0 Å². The number of carbonyl (C=O) groups excluding carboxylic acids is 1. The summed E-state index contributed by atoms with van der Waals surface area (Å²) < 4.78 is 5.31. The van der Waals surface area contributed by atoms with Gasteiger partial charge in [0.2, 0.25) is 5.60 Å². The fourth-order valence-electron chi connectivity index (χ4n) is 5.52. The van der Waals surface area contributed by atoms with Gasteiger partial charge in [0, 0.05) is 16.2 Å². The van der Waals surface area contributed by atoms with E-state index in [1.54, 1.807) is 20.8 Å². The smallest absolute Gasteiger partial charge is 0.339 e. The molecule has 5 N–H and O–H groups in total. The van der Waals surface area contributed by atoms with Crippen LogP contribution in [0.15, 0.2) is 0 Å². The van der Waals surface area contributed by atoms with Gasteiger partial charge in [-0.3, -0.25) is 4.79 Å². The predicted molar refractivity (Wildman–Crippen MR) is 78.7 cm³/mol. The maximum absolute atomic E-state index is 12.9. The number of ketones is 1. The number of hydrogen-bond donors (Lipinski definition) is 5. The lowest BCUT2D eigenvalue weighted by Gasteiger charge is -2.57. The van der Waals surface area contributed by atoms with Crippen LogP contribution in [0.1, 0.15) is 40.0 Å². The van der Waals surface area contributed by atoms with Crippen LogP contribution in [0, 0.1) is 16.2 Å². The Hall–Kier alpha value is -1.06. The molecule has 2 aliphatic carbocycles. The molecule has 3 fully saturated rings. The lowest BCUT2D eigenvalue weighted by molar-refractivity contribution is -0.347. The fourth-order valence-corrected chi connectivity index (χ4v) is 5.52. The van der Waals surface area contributed by atoms with Crippen LogP contribution in [0.2, 0.25) is 0 Å². The minimum atomic E-state index is -2.39. The monoisotopic (exact) mass is 344 g/mol. The van der Waals surface area contributed by atoms with Crippen LogP contribution in [0.25, 0.3) is 0 Å². The van der Waals surface area contributed by atoms with E-state index in [0.717, 1.165) is 0 Å². The maximum Gasteiger partial charge on any atom is 0.339 e. The number of carboxylic acids is 1. The molecular formula is C16H24O8. The van der Waals surface area contributed by atoms with Crippen molar-refractivity contribution >= 4 is 11.8 Å². The number of carbonyl (C=O) groups is 2. The topological polar surface area (TPSA) is 145 Å². The summed E-state index contributed by atoms with van der Waals surface area (Å²) >= 11 is 0. The average molecular weight is 344 g/mol. The Kier molecular flexibility index (Phi) is 3.52. The fraction of sp³-hybridized carbons (Fsp3) is 0.875. The number of ether oxygens (including phenoxy) is 1. The van der Waals surface area contributed by atoms with Crippen molar-refractivity contribution in [2.45, 2.75) is 70.2 Å². The molecule has 0 amide bonds. The molecule has 0 aromatic carbocycles. The zero-order chi connectivity index (χ0) is 18.3. The van der Waals surface area contributed by atoms with Crippen molar-refractivity contribution in [2.75, 3.05) is 0 Å². The second-order valence-corrected chi connectivity index (χ2v) is 8.25. The molecule has 136 valence electrons. The van der Waals surface area contributed by atoms with Crippen molar-refractivity contribution < 1.29 is 39.9 Å². The van der Waals surface area contributed by atoms with Gasteiger partial charge in [-0.05, 0) is 19.3 Å². The zero-order valence-electron chi connectivity index (χ0n) is 13.9. The molecule has 0 radical (unpaired) electrons. The van der Waals surface area contributed by atoms with Gasteiger partial charge in [-0.1, -0.05) is 20.8 Å². The lowest BCUT2D eigenvalue weighted by Crippen LogP contribution is -2.75. The first-order valence-corrected chi connectivity index (χ1v) is 8.06. The summed E-state index contributed by atoms with van der Waals surface area (Å²) in [5, 5.41) is 50.3. The largest absolute Gasteiger partial charge is 0.479 e. The molecule has 0 spiro atoms. The summed E-state index contributed by atoms with van der Waals surface area (Å²) in [6.07, 6.45) is -6.80. The van der Waals surface area contributed by atoms with E-state index in [1.165, 1.54) is 0 Å². The number of Topliss-reactive ketones (excluding diaryl/α,β-unsaturated/α-hetero) is 1. The molecule has 24 heavy (non-hydrogen) atoms. The predicted octanol–water partition coefficient (Wildman–Crippen LogP) is -0.973.